The molecule has 2 atom stereocenters. The fraction of sp³-hybridized carbons (Fsp3) is 0.480. The number of nitrogens with one attached hydrogen (secondary N) is 2. The van der Waals surface area contributed by atoms with Gasteiger partial charge in [0.25, 0.3) is 5.91 Å². The first-order valence-corrected chi connectivity index (χ1v) is 11.8. The van der Waals surface area contributed by atoms with E-state index in [1.165, 1.54) is 0 Å². The van der Waals surface area contributed by atoms with Crippen LogP contribution >= 0.6 is 0 Å². The Morgan fingerprint density at radius 1 is 1.30 bits per heavy atom. The molecule has 1 saturated heterocycles. The zero-order valence-electron chi connectivity index (χ0n) is 19.5. The van der Waals surface area contributed by atoms with E-state index in [0.29, 0.717) is 18.8 Å². The second-order valence-electron chi connectivity index (χ2n) is 9.35. The molecule has 2 N–H and O–H groups in total. The minimum atomic E-state index is -0.225. The Kier molecular flexibility index (Phi) is 6.03. The molecule has 8 heteroatoms. The summed E-state index contributed by atoms with van der Waals surface area (Å²) in [4.78, 5) is 26.7. The average molecular weight is 449 g/mol. The average Bonchev–Trinajstić information content (AvgIpc) is 3.45. The second-order valence-corrected chi connectivity index (χ2v) is 9.35. The van der Waals surface area contributed by atoms with Crippen LogP contribution in [0.4, 0.5) is 0 Å². The SMILES string of the molecule is CC(C)N1CC2=C(NC(N(C)CC3CCCO3)NC2=NCc2cnc3ccccc3c2)C1=O. The molecule has 1 aromatic heterocycles. The zero-order valence-corrected chi connectivity index (χ0v) is 19.5. The lowest BCUT2D eigenvalue weighted by molar-refractivity contribution is -0.127. The zero-order chi connectivity index (χ0) is 22.9. The van der Waals surface area contributed by atoms with E-state index in [-0.39, 0.29) is 24.3 Å². The van der Waals surface area contributed by atoms with Crippen LogP contribution < -0.4 is 10.6 Å². The Bertz CT molecular complexity index is 1110. The summed E-state index contributed by atoms with van der Waals surface area (Å²) in [5.74, 6) is 0.815. The van der Waals surface area contributed by atoms with Crippen molar-refractivity contribution in [1.82, 2.24) is 25.4 Å². The summed E-state index contributed by atoms with van der Waals surface area (Å²) < 4.78 is 5.82. The van der Waals surface area contributed by atoms with Crippen molar-refractivity contribution in [3.8, 4) is 0 Å². The van der Waals surface area contributed by atoms with Crippen LogP contribution in [0.2, 0.25) is 0 Å². The standard InChI is InChI=1S/C25H32N6O2/c1-16(2)31-15-20-22(24(31)32)28-25(30(3)14-19-8-6-10-33-19)29-23(20)27-13-17-11-18-7-4-5-9-21(18)26-12-17/h4-5,7,9,11-12,16,19,25,28H,6,8,10,13-15H2,1-3H3,(H,27,29). The molecule has 1 aromatic carbocycles. The van der Waals surface area contributed by atoms with Crippen LogP contribution in [-0.2, 0) is 16.1 Å². The number of ether oxygens (including phenoxy) is 1. The minimum Gasteiger partial charge on any atom is -0.377 e. The number of amidine groups is 1. The fourth-order valence-electron chi connectivity index (χ4n) is 4.69. The van der Waals surface area contributed by atoms with E-state index in [0.717, 1.165) is 53.9 Å². The smallest absolute Gasteiger partial charge is 0.271 e. The van der Waals surface area contributed by atoms with Crippen molar-refractivity contribution >= 4 is 22.6 Å². The third-order valence-corrected chi connectivity index (χ3v) is 6.59. The number of rotatable bonds is 6. The molecule has 3 aliphatic rings. The molecule has 3 aliphatic heterocycles. The van der Waals surface area contributed by atoms with E-state index in [4.69, 9.17) is 9.73 Å². The van der Waals surface area contributed by atoms with Crippen molar-refractivity contribution in [2.75, 3.05) is 26.7 Å². The molecule has 174 valence electrons. The van der Waals surface area contributed by atoms with Crippen molar-refractivity contribution in [2.24, 2.45) is 4.99 Å². The van der Waals surface area contributed by atoms with Crippen molar-refractivity contribution in [1.29, 1.82) is 0 Å². The lowest BCUT2D eigenvalue weighted by atomic mass is 10.1. The quantitative estimate of drug-likeness (QED) is 0.705. The minimum absolute atomic E-state index is 0.0390. The first kappa shape index (κ1) is 21.9. The van der Waals surface area contributed by atoms with E-state index in [2.05, 4.69) is 32.7 Å². The van der Waals surface area contributed by atoms with Crippen molar-refractivity contribution in [2.45, 2.75) is 51.7 Å². The summed E-state index contributed by atoms with van der Waals surface area (Å²) in [7, 11) is 2.04. The molecule has 5 rings (SSSR count). The number of nitrogens with zero attached hydrogens (tertiary/aromatic N) is 4. The Labute approximate surface area is 194 Å². The number of carbonyl (C=O) groups excluding carboxylic acids is 1. The number of aromatic nitrogens is 1. The van der Waals surface area contributed by atoms with E-state index in [1.54, 1.807) is 0 Å². The Morgan fingerprint density at radius 2 is 2.15 bits per heavy atom. The van der Waals surface area contributed by atoms with Crippen LogP contribution in [-0.4, -0.2) is 71.7 Å². The Balaban J connectivity index is 1.40. The molecule has 0 aliphatic carbocycles. The predicted molar refractivity (Wildman–Crippen MR) is 128 cm³/mol. The summed E-state index contributed by atoms with van der Waals surface area (Å²) in [6.07, 6.45) is 4.06. The van der Waals surface area contributed by atoms with Gasteiger partial charge in [-0.2, -0.15) is 0 Å². The molecular weight excluding hydrogens is 416 g/mol. The number of benzene rings is 1. The normalized spacial score (nSPS) is 24.2. The number of fused-ring (bicyclic) bond motifs is 1. The summed E-state index contributed by atoms with van der Waals surface area (Å²) in [6, 6.07) is 10.3. The van der Waals surface area contributed by atoms with Gasteiger partial charge in [-0.3, -0.25) is 19.7 Å². The molecule has 0 spiro atoms. The van der Waals surface area contributed by atoms with Gasteiger partial charge in [0.1, 0.15) is 11.5 Å². The van der Waals surface area contributed by atoms with Crippen LogP contribution in [0.1, 0.15) is 32.3 Å². The molecule has 1 amide bonds. The molecule has 2 aromatic rings. The number of hydrogen-bond acceptors (Lipinski definition) is 6. The van der Waals surface area contributed by atoms with Crippen molar-refractivity contribution in [3.05, 3.63) is 53.4 Å². The van der Waals surface area contributed by atoms with Crippen molar-refractivity contribution < 1.29 is 9.53 Å². The van der Waals surface area contributed by atoms with Gasteiger partial charge >= 0.3 is 0 Å². The maximum Gasteiger partial charge on any atom is 0.271 e. The number of hydrogen-bond donors (Lipinski definition) is 2. The van der Waals surface area contributed by atoms with Gasteiger partial charge in [-0.25, -0.2) is 0 Å². The third kappa shape index (κ3) is 4.45. The van der Waals surface area contributed by atoms with Crippen LogP contribution in [0.5, 0.6) is 0 Å². The van der Waals surface area contributed by atoms with Crippen LogP contribution in [0.15, 0.2) is 52.8 Å². The van der Waals surface area contributed by atoms with Crippen LogP contribution in [0, 0.1) is 0 Å². The van der Waals surface area contributed by atoms with Gasteiger partial charge in [0.2, 0.25) is 0 Å². The number of amides is 1. The summed E-state index contributed by atoms with van der Waals surface area (Å²) in [6.45, 7) is 6.76. The number of pyridine rings is 1. The van der Waals surface area contributed by atoms with Crippen LogP contribution in [0.3, 0.4) is 0 Å². The first-order valence-electron chi connectivity index (χ1n) is 11.8. The van der Waals surface area contributed by atoms with Crippen LogP contribution in [0.25, 0.3) is 10.9 Å². The number of aliphatic imine (C=N–C) groups is 1. The van der Waals surface area contributed by atoms with Gasteiger partial charge in [-0.05, 0) is 51.4 Å². The molecule has 4 heterocycles. The van der Waals surface area contributed by atoms with Gasteiger partial charge in [-0.1, -0.05) is 18.2 Å². The molecule has 0 bridgehead atoms. The molecule has 0 radical (unpaired) electrons. The summed E-state index contributed by atoms with van der Waals surface area (Å²) in [5.41, 5.74) is 3.60. The predicted octanol–water partition coefficient (Wildman–Crippen LogP) is 2.23. The monoisotopic (exact) mass is 448 g/mol. The van der Waals surface area contributed by atoms with E-state index < -0.39 is 0 Å². The molecule has 2 unspecified atom stereocenters. The molecule has 8 nitrogen and oxygen atoms in total. The summed E-state index contributed by atoms with van der Waals surface area (Å²) in [5, 5.41) is 8.07. The highest BCUT2D eigenvalue weighted by atomic mass is 16.5. The van der Waals surface area contributed by atoms with E-state index in [9.17, 15) is 4.79 Å². The maximum atomic E-state index is 13.1. The van der Waals surface area contributed by atoms with Gasteiger partial charge in [0, 0.05) is 36.3 Å². The molecule has 33 heavy (non-hydrogen) atoms. The van der Waals surface area contributed by atoms with Gasteiger partial charge < -0.3 is 20.3 Å². The number of carbonyl (C=O) groups is 1. The van der Waals surface area contributed by atoms with Gasteiger partial charge in [0.15, 0.2) is 6.29 Å². The highest BCUT2D eigenvalue weighted by Crippen LogP contribution is 2.25. The Morgan fingerprint density at radius 3 is 2.94 bits per heavy atom. The summed E-state index contributed by atoms with van der Waals surface area (Å²) >= 11 is 0. The Hall–Kier alpha value is -2.97. The molecule has 1 fully saturated rings. The second kappa shape index (κ2) is 9.11. The highest BCUT2D eigenvalue weighted by molar-refractivity contribution is 6.11. The van der Waals surface area contributed by atoms with E-state index >= 15 is 0 Å². The highest BCUT2D eigenvalue weighted by Gasteiger charge is 2.39. The maximum absolute atomic E-state index is 13.1. The third-order valence-electron chi connectivity index (χ3n) is 6.59. The first-order chi connectivity index (χ1) is 16.0. The number of para-hydroxylation sites is 1. The van der Waals surface area contributed by atoms with Gasteiger partial charge in [0.05, 0.1) is 24.7 Å². The lowest BCUT2D eigenvalue weighted by Crippen LogP contribution is -2.60. The fourth-order valence-corrected chi connectivity index (χ4v) is 4.69. The lowest BCUT2D eigenvalue weighted by Gasteiger charge is -2.35. The topological polar surface area (TPSA) is 82.1 Å². The van der Waals surface area contributed by atoms with E-state index in [1.807, 2.05) is 50.2 Å². The van der Waals surface area contributed by atoms with Gasteiger partial charge in [-0.15, -0.1) is 0 Å². The molecular formula is C25H32N6O2. The van der Waals surface area contributed by atoms with Crippen molar-refractivity contribution in [3.63, 3.8) is 0 Å². The largest absolute Gasteiger partial charge is 0.377 e. The molecule has 0 saturated carbocycles. The number of likely N-dealkylation sites (N-methyl/N-ethyl adjacent to an activating group) is 1.